The summed E-state index contributed by atoms with van der Waals surface area (Å²) in [5.41, 5.74) is 1.27. The van der Waals surface area contributed by atoms with Gasteiger partial charge in [-0.05, 0) is 51.1 Å². The van der Waals surface area contributed by atoms with Crippen molar-refractivity contribution in [1.29, 1.82) is 0 Å². The topological polar surface area (TPSA) is 102 Å². The number of pyridine rings is 1. The van der Waals surface area contributed by atoms with Crippen LogP contribution in [0.1, 0.15) is 32.2 Å². The third-order valence-corrected chi connectivity index (χ3v) is 5.49. The van der Waals surface area contributed by atoms with Crippen molar-refractivity contribution >= 4 is 23.4 Å². The van der Waals surface area contributed by atoms with Crippen molar-refractivity contribution in [3.05, 3.63) is 69.5 Å². The van der Waals surface area contributed by atoms with E-state index in [-0.39, 0.29) is 19.0 Å². The normalized spacial score (nSPS) is 13.5. The zero-order valence-electron chi connectivity index (χ0n) is 18.7. The maximum absolute atomic E-state index is 13.0. The van der Waals surface area contributed by atoms with Gasteiger partial charge in [0.05, 0.1) is 29.5 Å². The highest BCUT2D eigenvalue weighted by Crippen LogP contribution is 2.30. The van der Waals surface area contributed by atoms with Gasteiger partial charge in [-0.25, -0.2) is 14.2 Å². The average molecular weight is 472 g/mol. The Labute approximate surface area is 196 Å². The monoisotopic (exact) mass is 471 g/mol. The number of hydrogen-bond donors (Lipinski definition) is 2. The lowest BCUT2D eigenvalue weighted by Crippen LogP contribution is -2.43. The van der Waals surface area contributed by atoms with Gasteiger partial charge in [0.2, 0.25) is 5.88 Å². The Morgan fingerprint density at radius 2 is 2.03 bits per heavy atom. The number of rotatable bonds is 4. The van der Waals surface area contributed by atoms with E-state index in [1.54, 1.807) is 45.2 Å². The number of halogens is 1. The molecule has 174 valence electrons. The van der Waals surface area contributed by atoms with Crippen LogP contribution in [0.2, 0.25) is 5.02 Å². The van der Waals surface area contributed by atoms with E-state index in [4.69, 9.17) is 16.3 Å². The fourth-order valence-electron chi connectivity index (χ4n) is 3.64. The highest BCUT2D eigenvalue weighted by Gasteiger charge is 2.31. The third kappa shape index (κ3) is 4.83. The molecule has 0 spiro atoms. The largest absolute Gasteiger partial charge is 0.493 e. The van der Waals surface area contributed by atoms with E-state index in [9.17, 15) is 14.7 Å². The first-order chi connectivity index (χ1) is 15.6. The lowest BCUT2D eigenvalue weighted by molar-refractivity contribution is 0.0196. The molecule has 9 nitrogen and oxygen atoms in total. The zero-order valence-corrected chi connectivity index (χ0v) is 19.5. The molecule has 10 heteroatoms. The van der Waals surface area contributed by atoms with Crippen molar-refractivity contribution in [3.8, 4) is 11.6 Å². The highest BCUT2D eigenvalue weighted by molar-refractivity contribution is 6.32. The molecular weight excluding hydrogens is 446 g/mol. The lowest BCUT2D eigenvalue weighted by Gasteiger charge is -2.30. The highest BCUT2D eigenvalue weighted by atomic mass is 35.5. The van der Waals surface area contributed by atoms with E-state index in [1.165, 1.54) is 14.0 Å². The summed E-state index contributed by atoms with van der Waals surface area (Å²) >= 11 is 6.48. The molecule has 0 saturated heterocycles. The van der Waals surface area contributed by atoms with Gasteiger partial charge in [0.1, 0.15) is 11.3 Å². The summed E-state index contributed by atoms with van der Waals surface area (Å²) < 4.78 is 8.04. The smallest absolute Gasteiger partial charge is 0.410 e. The quantitative estimate of drug-likeness (QED) is 0.600. The Hall–Kier alpha value is -3.46. The number of amides is 1. The van der Waals surface area contributed by atoms with E-state index in [0.29, 0.717) is 29.5 Å². The summed E-state index contributed by atoms with van der Waals surface area (Å²) in [5, 5.41) is 14.4. The lowest BCUT2D eigenvalue weighted by atomic mass is 10.2. The number of carbonyl (C=O) groups is 1. The van der Waals surface area contributed by atoms with Gasteiger partial charge in [0, 0.05) is 25.0 Å². The Morgan fingerprint density at radius 1 is 1.24 bits per heavy atom. The van der Waals surface area contributed by atoms with Gasteiger partial charge in [-0.2, -0.15) is 0 Å². The van der Waals surface area contributed by atoms with Crippen LogP contribution in [0.25, 0.3) is 5.69 Å². The molecule has 1 aliphatic heterocycles. The van der Waals surface area contributed by atoms with Gasteiger partial charge in [-0.3, -0.25) is 9.55 Å². The first-order valence-electron chi connectivity index (χ1n) is 10.6. The van der Waals surface area contributed by atoms with E-state index in [0.717, 1.165) is 11.4 Å². The summed E-state index contributed by atoms with van der Waals surface area (Å²) in [5.74, 6) is -0.246. The number of aromatic nitrogens is 3. The maximum atomic E-state index is 13.0. The van der Waals surface area contributed by atoms with Crippen molar-refractivity contribution in [2.75, 3.05) is 11.9 Å². The molecule has 1 aromatic carbocycles. The number of ether oxygens (including phenoxy) is 1. The first kappa shape index (κ1) is 22.7. The van der Waals surface area contributed by atoms with Crippen LogP contribution in [0.3, 0.4) is 0 Å². The number of nitrogens with one attached hydrogen (secondary N) is 1. The molecule has 4 rings (SSSR count). The Kier molecular flexibility index (Phi) is 6.07. The number of nitrogens with zero attached hydrogens (tertiary/aromatic N) is 4. The van der Waals surface area contributed by atoms with Crippen LogP contribution in [0.4, 0.5) is 10.5 Å². The van der Waals surface area contributed by atoms with Crippen LogP contribution in [-0.4, -0.2) is 42.4 Å². The number of anilines is 1. The minimum atomic E-state index is -0.637. The van der Waals surface area contributed by atoms with Gasteiger partial charge >= 0.3 is 11.8 Å². The number of aromatic hydroxyl groups is 1. The summed E-state index contributed by atoms with van der Waals surface area (Å²) in [4.78, 5) is 31.2. The first-order valence-corrected chi connectivity index (χ1v) is 11.0. The molecule has 0 radical (unpaired) electrons. The number of fused-ring (bicyclic) bond motifs is 1. The second kappa shape index (κ2) is 8.82. The van der Waals surface area contributed by atoms with Crippen LogP contribution in [0.15, 0.2) is 47.4 Å². The molecule has 1 amide bonds. The SMILES string of the molecule is CC(C)(C)OC(=O)N1CCn2c(c(O)n(-c3ccc(NCc4ccccn4)cc3Cl)c2=O)C1. The van der Waals surface area contributed by atoms with Crippen molar-refractivity contribution in [1.82, 2.24) is 19.0 Å². The van der Waals surface area contributed by atoms with E-state index >= 15 is 0 Å². The third-order valence-electron chi connectivity index (χ3n) is 5.19. The van der Waals surface area contributed by atoms with Crippen molar-refractivity contribution in [2.45, 2.75) is 46.0 Å². The zero-order chi connectivity index (χ0) is 23.8. The van der Waals surface area contributed by atoms with E-state index in [1.807, 2.05) is 18.2 Å². The molecule has 0 saturated carbocycles. The van der Waals surface area contributed by atoms with Crippen LogP contribution in [0.5, 0.6) is 5.88 Å². The maximum Gasteiger partial charge on any atom is 0.410 e. The molecule has 33 heavy (non-hydrogen) atoms. The Morgan fingerprint density at radius 3 is 2.70 bits per heavy atom. The number of hydrogen-bond acceptors (Lipinski definition) is 6. The van der Waals surface area contributed by atoms with Crippen LogP contribution in [0, 0.1) is 0 Å². The number of benzene rings is 1. The van der Waals surface area contributed by atoms with Crippen LogP contribution in [-0.2, 0) is 24.4 Å². The van der Waals surface area contributed by atoms with E-state index < -0.39 is 17.4 Å². The molecule has 2 aromatic heterocycles. The van der Waals surface area contributed by atoms with Crippen molar-refractivity contribution < 1.29 is 14.6 Å². The van der Waals surface area contributed by atoms with Crippen LogP contribution < -0.4 is 11.0 Å². The fraction of sp³-hybridized carbons (Fsp3) is 0.348. The Bertz CT molecular complexity index is 1230. The summed E-state index contributed by atoms with van der Waals surface area (Å²) in [6.07, 6.45) is 1.23. The Balaban J connectivity index is 1.57. The standard InChI is InChI=1S/C23H26ClN5O4/c1-23(2,3)33-22(32)27-10-11-28-19(14-27)20(30)29(21(28)31)18-8-7-15(12-17(18)24)26-13-16-6-4-5-9-25-16/h4-9,12,26,30H,10-11,13-14H2,1-3H3. The summed E-state index contributed by atoms with van der Waals surface area (Å²) in [6, 6.07) is 10.8. The second-order valence-electron chi connectivity index (χ2n) is 8.78. The molecular formula is C23H26ClN5O4. The van der Waals surface area contributed by atoms with Crippen LogP contribution >= 0.6 is 11.6 Å². The van der Waals surface area contributed by atoms with Crippen molar-refractivity contribution in [2.24, 2.45) is 0 Å². The van der Waals surface area contributed by atoms with E-state index in [2.05, 4.69) is 10.3 Å². The van der Waals surface area contributed by atoms with Gasteiger partial charge in [0.15, 0.2) is 0 Å². The number of imidazole rings is 1. The molecule has 3 heterocycles. The average Bonchev–Trinajstić information content (AvgIpc) is 3.02. The summed E-state index contributed by atoms with van der Waals surface area (Å²) in [6.45, 7) is 6.48. The number of carbonyl (C=O) groups excluding carboxylic acids is 1. The fourth-order valence-corrected chi connectivity index (χ4v) is 3.90. The second-order valence-corrected chi connectivity index (χ2v) is 9.19. The molecule has 0 bridgehead atoms. The minimum absolute atomic E-state index is 0.0598. The van der Waals surface area contributed by atoms with Gasteiger partial charge in [-0.15, -0.1) is 0 Å². The predicted molar refractivity (Wildman–Crippen MR) is 125 cm³/mol. The molecule has 2 N–H and O–H groups in total. The predicted octanol–water partition coefficient (Wildman–Crippen LogP) is 3.76. The van der Waals surface area contributed by atoms with Crippen molar-refractivity contribution in [3.63, 3.8) is 0 Å². The molecule has 1 aliphatic rings. The van der Waals surface area contributed by atoms with Gasteiger partial charge < -0.3 is 20.1 Å². The molecule has 0 unspecified atom stereocenters. The van der Waals surface area contributed by atoms with Gasteiger partial charge in [-0.1, -0.05) is 17.7 Å². The minimum Gasteiger partial charge on any atom is -0.493 e. The molecule has 0 aliphatic carbocycles. The molecule has 3 aromatic rings. The molecule has 0 fully saturated rings. The van der Waals surface area contributed by atoms with Gasteiger partial charge in [0.25, 0.3) is 0 Å². The molecule has 0 atom stereocenters. The summed E-state index contributed by atoms with van der Waals surface area (Å²) in [7, 11) is 0.